The van der Waals surface area contributed by atoms with Gasteiger partial charge < -0.3 is 0 Å². The lowest BCUT2D eigenvalue weighted by molar-refractivity contribution is 0.483. The van der Waals surface area contributed by atoms with Crippen LogP contribution in [0.4, 0.5) is 0 Å². The molecule has 0 radical (unpaired) electrons. The van der Waals surface area contributed by atoms with Crippen LogP contribution in [0.25, 0.3) is 6.08 Å². The summed E-state index contributed by atoms with van der Waals surface area (Å²) in [6.07, 6.45) is 10.6. The van der Waals surface area contributed by atoms with Gasteiger partial charge in [0.05, 0.1) is 16.8 Å². The van der Waals surface area contributed by atoms with Crippen LogP contribution in [0.2, 0.25) is 0 Å². The van der Waals surface area contributed by atoms with Gasteiger partial charge in [0.2, 0.25) is 0 Å². The van der Waals surface area contributed by atoms with E-state index in [1.54, 1.807) is 0 Å². The van der Waals surface area contributed by atoms with Crippen LogP contribution < -0.4 is 0 Å². The van der Waals surface area contributed by atoms with Crippen molar-refractivity contribution in [2.45, 2.75) is 45.4 Å². The molecule has 1 aromatic heterocycles. The maximum atomic E-state index is 9.13. The second-order valence-electron chi connectivity index (χ2n) is 7.16. The third-order valence-electron chi connectivity index (χ3n) is 5.10. The van der Waals surface area contributed by atoms with Crippen LogP contribution in [0, 0.1) is 23.2 Å². The third kappa shape index (κ3) is 4.93. The zero-order valence-corrected chi connectivity index (χ0v) is 16.3. The zero-order chi connectivity index (χ0) is 18.4. The van der Waals surface area contributed by atoms with Crippen LogP contribution in [-0.4, -0.2) is 4.98 Å². The molecule has 1 aliphatic carbocycles. The lowest BCUT2D eigenvalue weighted by Gasteiger charge is -2.15. The van der Waals surface area contributed by atoms with Gasteiger partial charge in [0.25, 0.3) is 0 Å². The van der Waals surface area contributed by atoms with Gasteiger partial charge in [0, 0.05) is 10.5 Å². The topological polar surface area (TPSA) is 36.7 Å². The Bertz CT molecular complexity index is 810. The Hall–Kier alpha value is -2.18. The first-order chi connectivity index (χ1) is 12.7. The summed E-state index contributed by atoms with van der Waals surface area (Å²) < 4.78 is 0. The molecule has 0 amide bonds. The number of nitriles is 1. The Balaban J connectivity index is 1.64. The van der Waals surface area contributed by atoms with E-state index in [-0.39, 0.29) is 0 Å². The molecule has 3 heteroatoms. The van der Waals surface area contributed by atoms with Crippen LogP contribution in [0.5, 0.6) is 0 Å². The molecule has 134 valence electrons. The first-order valence-corrected chi connectivity index (χ1v) is 10.3. The van der Waals surface area contributed by atoms with Crippen molar-refractivity contribution < 1.29 is 0 Å². The number of hydrogen-bond acceptors (Lipinski definition) is 3. The van der Waals surface area contributed by atoms with Gasteiger partial charge in [-0.15, -0.1) is 11.3 Å². The SMILES string of the molecule is C=C(C#N)CC(CCc1nc2c(s1)CC(CC)C=C2)Cc1ccccc1. The molecular formula is C23H26N2S. The molecule has 0 spiro atoms. The van der Waals surface area contributed by atoms with Gasteiger partial charge in [-0.1, -0.05) is 49.9 Å². The highest BCUT2D eigenvalue weighted by atomic mass is 32.1. The molecule has 2 aromatic rings. The molecule has 0 saturated heterocycles. The Kier molecular flexibility index (Phi) is 6.41. The Morgan fingerprint density at radius 1 is 1.38 bits per heavy atom. The third-order valence-corrected chi connectivity index (χ3v) is 6.25. The Labute approximate surface area is 160 Å². The van der Waals surface area contributed by atoms with E-state index in [0.717, 1.165) is 32.1 Å². The molecule has 0 fully saturated rings. The number of hydrogen-bond donors (Lipinski definition) is 0. The van der Waals surface area contributed by atoms with Crippen LogP contribution in [0.1, 0.15) is 47.3 Å². The van der Waals surface area contributed by atoms with Crippen LogP contribution in [0.3, 0.4) is 0 Å². The molecule has 3 rings (SSSR count). The zero-order valence-electron chi connectivity index (χ0n) is 15.4. The normalized spacial score (nSPS) is 16.7. The van der Waals surface area contributed by atoms with Gasteiger partial charge >= 0.3 is 0 Å². The molecule has 2 atom stereocenters. The van der Waals surface area contributed by atoms with Gasteiger partial charge in [-0.25, -0.2) is 4.98 Å². The monoisotopic (exact) mass is 362 g/mol. The van der Waals surface area contributed by atoms with Gasteiger partial charge in [-0.2, -0.15) is 5.26 Å². The van der Waals surface area contributed by atoms with Crippen molar-refractivity contribution in [3.63, 3.8) is 0 Å². The van der Waals surface area contributed by atoms with Crippen LogP contribution in [0.15, 0.2) is 48.6 Å². The summed E-state index contributed by atoms with van der Waals surface area (Å²) in [4.78, 5) is 6.28. The van der Waals surface area contributed by atoms with E-state index in [1.165, 1.54) is 27.6 Å². The number of nitrogens with zero attached hydrogens (tertiary/aromatic N) is 2. The first kappa shape index (κ1) is 18.6. The molecule has 1 heterocycles. The maximum absolute atomic E-state index is 9.13. The molecule has 26 heavy (non-hydrogen) atoms. The van der Waals surface area contributed by atoms with Gasteiger partial charge in [0.1, 0.15) is 0 Å². The first-order valence-electron chi connectivity index (χ1n) is 9.46. The number of rotatable bonds is 8. The predicted octanol–water partition coefficient (Wildman–Crippen LogP) is 6.00. The van der Waals surface area contributed by atoms with E-state index in [9.17, 15) is 0 Å². The number of fused-ring (bicyclic) bond motifs is 1. The van der Waals surface area contributed by atoms with E-state index in [4.69, 9.17) is 10.2 Å². The quantitative estimate of drug-likeness (QED) is 0.540. The molecule has 0 aliphatic heterocycles. The van der Waals surface area contributed by atoms with Crippen molar-refractivity contribution in [2.75, 3.05) is 0 Å². The highest BCUT2D eigenvalue weighted by molar-refractivity contribution is 7.11. The molecule has 0 N–H and O–H groups in total. The van der Waals surface area contributed by atoms with Crippen molar-refractivity contribution in [3.05, 3.63) is 69.7 Å². The average Bonchev–Trinajstić information content (AvgIpc) is 3.08. The molecular weight excluding hydrogens is 336 g/mol. The summed E-state index contributed by atoms with van der Waals surface area (Å²) in [7, 11) is 0. The Morgan fingerprint density at radius 2 is 2.19 bits per heavy atom. The number of aryl methyl sites for hydroxylation is 1. The molecule has 1 aliphatic rings. The summed E-state index contributed by atoms with van der Waals surface area (Å²) in [5, 5.41) is 10.4. The standard InChI is InChI=1S/C23H26N2S/c1-3-18-9-11-21-22(15-18)26-23(25-21)12-10-20(13-17(2)16-24)14-19-7-5-4-6-8-19/h4-9,11,18,20H,2-3,10,12-15H2,1H3. The maximum Gasteiger partial charge on any atom is 0.0940 e. The van der Waals surface area contributed by atoms with E-state index in [2.05, 4.69) is 56.0 Å². The smallest absolute Gasteiger partial charge is 0.0940 e. The van der Waals surface area contributed by atoms with E-state index in [0.29, 0.717) is 17.4 Å². The minimum absolute atomic E-state index is 0.435. The van der Waals surface area contributed by atoms with Crippen molar-refractivity contribution in [2.24, 2.45) is 11.8 Å². The van der Waals surface area contributed by atoms with E-state index < -0.39 is 0 Å². The fourth-order valence-electron chi connectivity index (χ4n) is 3.56. The lowest BCUT2D eigenvalue weighted by Crippen LogP contribution is -2.07. The minimum Gasteiger partial charge on any atom is -0.242 e. The minimum atomic E-state index is 0.435. The molecule has 2 unspecified atom stereocenters. The summed E-state index contributed by atoms with van der Waals surface area (Å²) in [6, 6.07) is 12.8. The molecule has 0 saturated carbocycles. The van der Waals surface area contributed by atoms with E-state index >= 15 is 0 Å². The summed E-state index contributed by atoms with van der Waals surface area (Å²) in [6.45, 7) is 6.15. The predicted molar refractivity (Wildman–Crippen MR) is 110 cm³/mol. The summed E-state index contributed by atoms with van der Waals surface area (Å²) in [5.41, 5.74) is 3.18. The largest absolute Gasteiger partial charge is 0.242 e. The number of allylic oxidation sites excluding steroid dienone is 2. The van der Waals surface area contributed by atoms with Crippen LogP contribution >= 0.6 is 11.3 Å². The molecule has 2 nitrogen and oxygen atoms in total. The fraction of sp³-hybridized carbons (Fsp3) is 0.391. The summed E-state index contributed by atoms with van der Waals surface area (Å²) in [5.74, 6) is 1.10. The summed E-state index contributed by atoms with van der Waals surface area (Å²) >= 11 is 1.88. The van der Waals surface area contributed by atoms with Gasteiger partial charge in [-0.05, 0) is 62.0 Å². The van der Waals surface area contributed by atoms with Gasteiger partial charge in [-0.3, -0.25) is 0 Å². The number of thiazole rings is 1. The second-order valence-corrected chi connectivity index (χ2v) is 8.33. The molecule has 1 aromatic carbocycles. The highest BCUT2D eigenvalue weighted by Gasteiger charge is 2.18. The molecule has 0 bridgehead atoms. The van der Waals surface area contributed by atoms with Crippen molar-refractivity contribution in [1.82, 2.24) is 4.98 Å². The van der Waals surface area contributed by atoms with E-state index in [1.807, 2.05) is 17.4 Å². The van der Waals surface area contributed by atoms with Crippen molar-refractivity contribution >= 4 is 17.4 Å². The highest BCUT2D eigenvalue weighted by Crippen LogP contribution is 2.31. The van der Waals surface area contributed by atoms with Gasteiger partial charge in [0.15, 0.2) is 0 Å². The fourth-order valence-corrected chi connectivity index (χ4v) is 4.72. The lowest BCUT2D eigenvalue weighted by atomic mass is 9.89. The number of aromatic nitrogens is 1. The van der Waals surface area contributed by atoms with Crippen molar-refractivity contribution in [1.29, 1.82) is 5.26 Å². The van der Waals surface area contributed by atoms with Crippen molar-refractivity contribution in [3.8, 4) is 6.07 Å². The average molecular weight is 363 g/mol. The Morgan fingerprint density at radius 3 is 2.92 bits per heavy atom. The van der Waals surface area contributed by atoms with Crippen LogP contribution in [-0.2, 0) is 19.3 Å². The second kappa shape index (κ2) is 8.96. The number of benzene rings is 1.